The number of phenols is 1. The lowest BCUT2D eigenvalue weighted by molar-refractivity contribution is -0.00300. The van der Waals surface area contributed by atoms with Gasteiger partial charge in [-0.25, -0.2) is 0 Å². The van der Waals surface area contributed by atoms with Crippen LogP contribution in [-0.2, 0) is 11.2 Å². The van der Waals surface area contributed by atoms with Crippen LogP contribution in [-0.4, -0.2) is 30.4 Å². The third-order valence-electron chi connectivity index (χ3n) is 3.76. The Hall–Kier alpha value is -1.06. The van der Waals surface area contributed by atoms with Crippen LogP contribution >= 0.6 is 0 Å². The van der Waals surface area contributed by atoms with Crippen LogP contribution in [0.15, 0.2) is 24.3 Å². The number of ether oxygens (including phenoxy) is 1. The van der Waals surface area contributed by atoms with Gasteiger partial charge < -0.3 is 15.2 Å². The zero-order valence-electron chi connectivity index (χ0n) is 11.8. The van der Waals surface area contributed by atoms with Crippen LogP contribution in [0.4, 0.5) is 0 Å². The molecular formula is C16H25NO2. The van der Waals surface area contributed by atoms with Crippen molar-refractivity contribution in [2.24, 2.45) is 0 Å². The van der Waals surface area contributed by atoms with Crippen molar-refractivity contribution in [3.8, 4) is 5.75 Å². The highest BCUT2D eigenvalue weighted by Gasteiger charge is 2.21. The van der Waals surface area contributed by atoms with Crippen molar-refractivity contribution < 1.29 is 9.84 Å². The van der Waals surface area contributed by atoms with Gasteiger partial charge in [-0.1, -0.05) is 25.5 Å². The first kappa shape index (κ1) is 14.4. The van der Waals surface area contributed by atoms with Crippen molar-refractivity contribution in [1.82, 2.24) is 5.32 Å². The number of hydrogen-bond acceptors (Lipinski definition) is 3. The summed E-state index contributed by atoms with van der Waals surface area (Å²) in [5, 5.41) is 12.9. The van der Waals surface area contributed by atoms with E-state index in [0.29, 0.717) is 17.9 Å². The molecule has 1 aromatic rings. The first-order chi connectivity index (χ1) is 9.28. The third-order valence-corrected chi connectivity index (χ3v) is 3.76. The second kappa shape index (κ2) is 7.51. The van der Waals surface area contributed by atoms with Crippen LogP contribution in [0.25, 0.3) is 0 Å². The van der Waals surface area contributed by atoms with Crippen molar-refractivity contribution in [3.05, 3.63) is 29.8 Å². The molecule has 2 unspecified atom stereocenters. The molecule has 0 bridgehead atoms. The molecule has 1 aromatic carbocycles. The molecule has 1 saturated heterocycles. The monoisotopic (exact) mass is 263 g/mol. The zero-order chi connectivity index (χ0) is 13.5. The van der Waals surface area contributed by atoms with E-state index in [0.717, 1.165) is 32.4 Å². The van der Waals surface area contributed by atoms with Crippen LogP contribution in [0, 0.1) is 0 Å². The molecule has 0 amide bonds. The number of aromatic hydroxyl groups is 1. The molecule has 0 saturated carbocycles. The Morgan fingerprint density at radius 3 is 2.84 bits per heavy atom. The van der Waals surface area contributed by atoms with Gasteiger partial charge in [0.2, 0.25) is 0 Å². The topological polar surface area (TPSA) is 41.5 Å². The lowest BCUT2D eigenvalue weighted by Crippen LogP contribution is -2.39. The van der Waals surface area contributed by atoms with Gasteiger partial charge in [-0.3, -0.25) is 0 Å². The summed E-state index contributed by atoms with van der Waals surface area (Å²) in [4.78, 5) is 0. The molecule has 2 N–H and O–H groups in total. The van der Waals surface area contributed by atoms with Crippen LogP contribution in [0.3, 0.4) is 0 Å². The summed E-state index contributed by atoms with van der Waals surface area (Å²) in [6, 6.07) is 8.08. The van der Waals surface area contributed by atoms with Crippen molar-refractivity contribution in [2.45, 2.75) is 51.2 Å². The molecule has 0 radical (unpaired) electrons. The van der Waals surface area contributed by atoms with E-state index in [1.807, 2.05) is 12.1 Å². The van der Waals surface area contributed by atoms with Crippen LogP contribution in [0.2, 0.25) is 0 Å². The molecule has 1 heterocycles. The van der Waals surface area contributed by atoms with Crippen LogP contribution < -0.4 is 5.32 Å². The van der Waals surface area contributed by atoms with E-state index in [1.165, 1.54) is 18.4 Å². The van der Waals surface area contributed by atoms with Crippen LogP contribution in [0.1, 0.15) is 38.2 Å². The van der Waals surface area contributed by atoms with E-state index in [2.05, 4.69) is 12.2 Å². The molecule has 2 atom stereocenters. The second-order valence-corrected chi connectivity index (χ2v) is 5.37. The number of phenolic OH excluding ortho intramolecular Hbond substituents is 1. The average molecular weight is 263 g/mol. The molecule has 1 aliphatic rings. The summed E-state index contributed by atoms with van der Waals surface area (Å²) in [7, 11) is 0. The Balaban J connectivity index is 1.69. The van der Waals surface area contributed by atoms with E-state index in [1.54, 1.807) is 12.1 Å². The summed E-state index contributed by atoms with van der Waals surface area (Å²) in [5.41, 5.74) is 1.27. The molecule has 1 fully saturated rings. The van der Waals surface area contributed by atoms with E-state index in [4.69, 9.17) is 4.74 Å². The van der Waals surface area contributed by atoms with Gasteiger partial charge in [0.05, 0.1) is 6.10 Å². The molecule has 106 valence electrons. The van der Waals surface area contributed by atoms with Gasteiger partial charge >= 0.3 is 0 Å². The molecule has 0 aliphatic carbocycles. The van der Waals surface area contributed by atoms with Gasteiger partial charge in [0.1, 0.15) is 5.75 Å². The molecule has 0 spiro atoms. The average Bonchev–Trinajstić information content (AvgIpc) is 2.42. The van der Waals surface area contributed by atoms with Gasteiger partial charge in [-0.15, -0.1) is 0 Å². The lowest BCUT2D eigenvalue weighted by atomic mass is 10.00. The maximum atomic E-state index is 9.24. The Morgan fingerprint density at radius 2 is 2.11 bits per heavy atom. The molecule has 2 rings (SSSR count). The smallest absolute Gasteiger partial charge is 0.115 e. The minimum atomic E-state index is 0.337. The maximum absolute atomic E-state index is 9.24. The van der Waals surface area contributed by atoms with Gasteiger partial charge in [-0.05, 0) is 49.9 Å². The molecule has 3 heteroatoms. The Morgan fingerprint density at radius 1 is 1.32 bits per heavy atom. The first-order valence-corrected chi connectivity index (χ1v) is 7.41. The standard InChI is InChI=1S/C16H25NO2/c1-2-3-16-12-14(9-11-19-16)17-10-8-13-4-6-15(18)7-5-13/h4-7,14,16-18H,2-3,8-12H2,1H3. The summed E-state index contributed by atoms with van der Waals surface area (Å²) in [6.07, 6.45) is 6.10. The van der Waals surface area contributed by atoms with Gasteiger partial charge in [-0.2, -0.15) is 0 Å². The fraction of sp³-hybridized carbons (Fsp3) is 0.625. The van der Waals surface area contributed by atoms with E-state index >= 15 is 0 Å². The normalized spacial score (nSPS) is 23.4. The summed E-state index contributed by atoms with van der Waals surface area (Å²) >= 11 is 0. The summed E-state index contributed by atoms with van der Waals surface area (Å²) in [5.74, 6) is 0.337. The SMILES string of the molecule is CCCC1CC(NCCc2ccc(O)cc2)CCO1. The summed E-state index contributed by atoms with van der Waals surface area (Å²) in [6.45, 7) is 4.10. The van der Waals surface area contributed by atoms with E-state index < -0.39 is 0 Å². The fourth-order valence-corrected chi connectivity index (χ4v) is 2.67. The molecule has 3 nitrogen and oxygen atoms in total. The molecule has 1 aliphatic heterocycles. The quantitative estimate of drug-likeness (QED) is 0.829. The van der Waals surface area contributed by atoms with Crippen molar-refractivity contribution in [3.63, 3.8) is 0 Å². The Labute approximate surface area is 116 Å². The molecular weight excluding hydrogens is 238 g/mol. The van der Waals surface area contributed by atoms with E-state index in [-0.39, 0.29) is 0 Å². The van der Waals surface area contributed by atoms with Crippen molar-refractivity contribution in [2.75, 3.05) is 13.2 Å². The van der Waals surface area contributed by atoms with Gasteiger partial charge in [0.15, 0.2) is 0 Å². The highest BCUT2D eigenvalue weighted by Crippen LogP contribution is 2.18. The number of hydrogen-bond donors (Lipinski definition) is 2. The number of rotatable bonds is 6. The highest BCUT2D eigenvalue weighted by atomic mass is 16.5. The highest BCUT2D eigenvalue weighted by molar-refractivity contribution is 5.25. The molecule has 19 heavy (non-hydrogen) atoms. The number of nitrogens with one attached hydrogen (secondary N) is 1. The molecule has 0 aromatic heterocycles. The Kier molecular flexibility index (Phi) is 5.67. The van der Waals surface area contributed by atoms with Crippen LogP contribution in [0.5, 0.6) is 5.75 Å². The maximum Gasteiger partial charge on any atom is 0.115 e. The van der Waals surface area contributed by atoms with E-state index in [9.17, 15) is 5.11 Å². The van der Waals surface area contributed by atoms with Crippen molar-refractivity contribution >= 4 is 0 Å². The second-order valence-electron chi connectivity index (χ2n) is 5.37. The first-order valence-electron chi connectivity index (χ1n) is 7.41. The minimum absolute atomic E-state index is 0.337. The van der Waals surface area contributed by atoms with Gasteiger partial charge in [0.25, 0.3) is 0 Å². The predicted octanol–water partition coefficient (Wildman–Crippen LogP) is 2.87. The largest absolute Gasteiger partial charge is 0.508 e. The van der Waals surface area contributed by atoms with Gasteiger partial charge in [0, 0.05) is 12.6 Å². The Bertz CT molecular complexity index is 362. The zero-order valence-corrected chi connectivity index (χ0v) is 11.8. The van der Waals surface area contributed by atoms with Crippen molar-refractivity contribution in [1.29, 1.82) is 0 Å². The minimum Gasteiger partial charge on any atom is -0.508 e. The third kappa shape index (κ3) is 4.84. The summed E-state index contributed by atoms with van der Waals surface area (Å²) < 4.78 is 5.76. The fourth-order valence-electron chi connectivity index (χ4n) is 2.67. The predicted molar refractivity (Wildman–Crippen MR) is 77.5 cm³/mol. The lowest BCUT2D eigenvalue weighted by Gasteiger charge is -2.30. The number of benzene rings is 1.